The highest BCUT2D eigenvalue weighted by Gasteiger charge is 2.31. The average Bonchev–Trinajstić information content (AvgIpc) is 3.66. The Balaban J connectivity index is 1.32. The third-order valence-electron chi connectivity index (χ3n) is 5.35. The van der Waals surface area contributed by atoms with Gasteiger partial charge in [0.15, 0.2) is 0 Å². The third-order valence-corrected chi connectivity index (χ3v) is 5.35. The van der Waals surface area contributed by atoms with Crippen LogP contribution < -0.4 is 20.7 Å². The minimum absolute atomic E-state index is 0.0882. The molecule has 2 amide bonds. The Morgan fingerprint density at radius 2 is 1.83 bits per heavy atom. The van der Waals surface area contributed by atoms with Crippen LogP contribution in [0.4, 0.5) is 24.8 Å². The molecule has 8 nitrogen and oxygen atoms in total. The van der Waals surface area contributed by atoms with Crippen LogP contribution in [0.15, 0.2) is 48.5 Å². The summed E-state index contributed by atoms with van der Waals surface area (Å²) in [6.07, 6.45) is -0.0754. The minimum Gasteiger partial charge on any atom is -0.406 e. The van der Waals surface area contributed by atoms with E-state index in [0.29, 0.717) is 35.8 Å². The second-order valence-electron chi connectivity index (χ2n) is 8.30. The number of ether oxygens (including phenoxy) is 1. The van der Waals surface area contributed by atoms with Crippen molar-refractivity contribution in [3.63, 3.8) is 0 Å². The maximum atomic E-state index is 12.3. The fourth-order valence-corrected chi connectivity index (χ4v) is 3.42. The lowest BCUT2D eigenvalue weighted by Gasteiger charge is -2.10. The molecule has 0 aliphatic heterocycles. The molecule has 1 aromatic heterocycles. The van der Waals surface area contributed by atoms with Crippen molar-refractivity contribution >= 4 is 40.4 Å². The van der Waals surface area contributed by atoms with E-state index in [1.165, 1.54) is 36.4 Å². The lowest BCUT2D eigenvalue weighted by atomic mass is 10.1. The first-order chi connectivity index (χ1) is 17.2. The van der Waals surface area contributed by atoms with Gasteiger partial charge in [-0.1, -0.05) is 12.1 Å². The summed E-state index contributed by atoms with van der Waals surface area (Å²) >= 11 is 0. The summed E-state index contributed by atoms with van der Waals surface area (Å²) in [4.78, 5) is 32.9. The van der Waals surface area contributed by atoms with Crippen LogP contribution >= 0.6 is 0 Å². The first kappa shape index (κ1) is 25.0. The number of fused-ring (bicyclic) bond motifs is 1. The molecule has 0 atom stereocenters. The number of aryl methyl sites for hydroxylation is 1. The van der Waals surface area contributed by atoms with Crippen LogP contribution in [0.5, 0.6) is 5.75 Å². The molecule has 0 radical (unpaired) electrons. The SMILES string of the molecule is Cc1nc(NCCNC(=O)C2CC2)nc2ccc(NC(=O)/C=C/c3ccc(OC(F)(F)F)cc3)cc12. The number of nitrogens with one attached hydrogen (secondary N) is 3. The summed E-state index contributed by atoms with van der Waals surface area (Å²) in [7, 11) is 0. The molecule has 1 fully saturated rings. The fourth-order valence-electron chi connectivity index (χ4n) is 3.42. The fraction of sp³-hybridized carbons (Fsp3) is 0.280. The molecule has 3 aromatic rings. The van der Waals surface area contributed by atoms with Crippen LogP contribution in [0.3, 0.4) is 0 Å². The van der Waals surface area contributed by atoms with Crippen molar-refractivity contribution in [1.82, 2.24) is 15.3 Å². The maximum absolute atomic E-state index is 12.3. The Morgan fingerprint density at radius 1 is 1.08 bits per heavy atom. The quantitative estimate of drug-likeness (QED) is 0.297. The molecule has 0 saturated heterocycles. The van der Waals surface area contributed by atoms with Crippen LogP contribution in [-0.4, -0.2) is 41.2 Å². The molecule has 1 saturated carbocycles. The zero-order chi connectivity index (χ0) is 25.7. The van der Waals surface area contributed by atoms with Gasteiger partial charge in [0.05, 0.1) is 11.2 Å². The number of carbonyl (C=O) groups excluding carboxylic acids is 2. The van der Waals surface area contributed by atoms with Gasteiger partial charge in [-0.25, -0.2) is 9.97 Å². The number of alkyl halides is 3. The lowest BCUT2D eigenvalue weighted by molar-refractivity contribution is -0.274. The summed E-state index contributed by atoms with van der Waals surface area (Å²) in [6.45, 7) is 2.82. The van der Waals surface area contributed by atoms with Crippen LogP contribution in [-0.2, 0) is 9.59 Å². The predicted molar refractivity (Wildman–Crippen MR) is 129 cm³/mol. The van der Waals surface area contributed by atoms with Crippen LogP contribution in [0.25, 0.3) is 17.0 Å². The number of carbonyl (C=O) groups is 2. The Morgan fingerprint density at radius 3 is 2.53 bits per heavy atom. The number of anilines is 2. The van der Waals surface area contributed by atoms with E-state index in [4.69, 9.17) is 0 Å². The number of aromatic nitrogens is 2. The van der Waals surface area contributed by atoms with Crippen LogP contribution in [0.2, 0.25) is 0 Å². The van der Waals surface area contributed by atoms with E-state index in [1.807, 2.05) is 6.92 Å². The Hall–Kier alpha value is -4.15. The molecule has 2 aromatic carbocycles. The third kappa shape index (κ3) is 7.17. The standard InChI is InChI=1S/C25H24F3N5O3/c1-15-20-14-18(32-22(34)11-4-16-2-8-19(9-3-16)36-25(26,27)28)7-10-21(20)33-24(31-15)30-13-12-29-23(35)17-5-6-17/h2-4,7-11,14,17H,5-6,12-13H2,1H3,(H,29,35)(H,32,34)(H,30,31,33)/b11-4+. The number of benzene rings is 2. The molecular formula is C25H24F3N5O3. The second-order valence-corrected chi connectivity index (χ2v) is 8.30. The molecule has 0 unspecified atom stereocenters. The lowest BCUT2D eigenvalue weighted by Crippen LogP contribution is -2.30. The van der Waals surface area contributed by atoms with Crippen molar-refractivity contribution < 1.29 is 27.5 Å². The maximum Gasteiger partial charge on any atom is 0.573 e. The highest BCUT2D eigenvalue weighted by atomic mass is 19.4. The van der Waals surface area contributed by atoms with Gasteiger partial charge in [0.1, 0.15) is 5.75 Å². The van der Waals surface area contributed by atoms with Crippen molar-refractivity contribution in [1.29, 1.82) is 0 Å². The average molecular weight is 499 g/mol. The molecule has 3 N–H and O–H groups in total. The molecule has 36 heavy (non-hydrogen) atoms. The summed E-state index contributed by atoms with van der Waals surface area (Å²) in [5.41, 5.74) is 2.50. The largest absolute Gasteiger partial charge is 0.573 e. The van der Waals surface area contributed by atoms with Crippen molar-refractivity contribution in [2.24, 2.45) is 5.92 Å². The van der Waals surface area contributed by atoms with Crippen molar-refractivity contribution in [2.75, 3.05) is 23.7 Å². The number of halogens is 3. The smallest absolute Gasteiger partial charge is 0.406 e. The predicted octanol–water partition coefficient (Wildman–Crippen LogP) is 4.43. The van der Waals surface area contributed by atoms with Gasteiger partial charge in [-0.3, -0.25) is 9.59 Å². The minimum atomic E-state index is -4.76. The zero-order valence-electron chi connectivity index (χ0n) is 19.4. The number of amides is 2. The van der Waals surface area contributed by atoms with Crippen LogP contribution in [0.1, 0.15) is 24.1 Å². The van der Waals surface area contributed by atoms with E-state index in [9.17, 15) is 22.8 Å². The van der Waals surface area contributed by atoms with E-state index in [2.05, 4.69) is 30.7 Å². The molecule has 0 bridgehead atoms. The summed E-state index contributed by atoms with van der Waals surface area (Å²) in [5, 5.41) is 9.49. The first-order valence-corrected chi connectivity index (χ1v) is 11.3. The first-order valence-electron chi connectivity index (χ1n) is 11.3. The number of hydrogen-bond donors (Lipinski definition) is 3. The zero-order valence-corrected chi connectivity index (χ0v) is 19.4. The van der Waals surface area contributed by atoms with E-state index >= 15 is 0 Å². The molecule has 0 spiro atoms. The number of rotatable bonds is 9. The Kier molecular flexibility index (Phi) is 7.37. The van der Waals surface area contributed by atoms with Gasteiger partial charge >= 0.3 is 6.36 Å². The summed E-state index contributed by atoms with van der Waals surface area (Å²) in [5.74, 6) is -0.0356. The van der Waals surface area contributed by atoms with Crippen molar-refractivity contribution in [3.05, 3.63) is 59.8 Å². The van der Waals surface area contributed by atoms with Gasteiger partial charge in [-0.05, 0) is 61.7 Å². The molecule has 1 aliphatic rings. The van der Waals surface area contributed by atoms with Gasteiger partial charge in [-0.15, -0.1) is 13.2 Å². The highest BCUT2D eigenvalue weighted by molar-refractivity contribution is 6.03. The Labute approximate surface area is 205 Å². The molecule has 1 heterocycles. The molecule has 4 rings (SSSR count). The van der Waals surface area contributed by atoms with E-state index in [0.717, 1.165) is 23.9 Å². The van der Waals surface area contributed by atoms with E-state index in [1.54, 1.807) is 18.2 Å². The monoisotopic (exact) mass is 499 g/mol. The second kappa shape index (κ2) is 10.6. The van der Waals surface area contributed by atoms with Crippen molar-refractivity contribution in [2.45, 2.75) is 26.1 Å². The normalized spacial score (nSPS) is 13.6. The molecule has 188 valence electrons. The van der Waals surface area contributed by atoms with Gasteiger partial charge < -0.3 is 20.7 Å². The number of nitrogens with zero attached hydrogens (tertiary/aromatic N) is 2. The molecule has 11 heteroatoms. The van der Waals surface area contributed by atoms with E-state index in [-0.39, 0.29) is 17.6 Å². The highest BCUT2D eigenvalue weighted by Crippen LogP contribution is 2.28. The summed E-state index contributed by atoms with van der Waals surface area (Å²) in [6, 6.07) is 10.4. The van der Waals surface area contributed by atoms with Gasteiger partial charge in [-0.2, -0.15) is 0 Å². The van der Waals surface area contributed by atoms with Gasteiger partial charge in [0.2, 0.25) is 17.8 Å². The molecule has 1 aliphatic carbocycles. The number of hydrogen-bond acceptors (Lipinski definition) is 6. The molecular weight excluding hydrogens is 475 g/mol. The summed E-state index contributed by atoms with van der Waals surface area (Å²) < 4.78 is 40.6. The van der Waals surface area contributed by atoms with E-state index < -0.39 is 12.3 Å². The Bertz CT molecular complexity index is 1290. The topological polar surface area (TPSA) is 105 Å². The van der Waals surface area contributed by atoms with Gasteiger partial charge in [0, 0.05) is 36.2 Å². The van der Waals surface area contributed by atoms with Crippen LogP contribution in [0, 0.1) is 12.8 Å². The van der Waals surface area contributed by atoms with Gasteiger partial charge in [0.25, 0.3) is 0 Å². The van der Waals surface area contributed by atoms with Crippen molar-refractivity contribution in [3.8, 4) is 5.75 Å².